The van der Waals surface area contributed by atoms with Crippen molar-refractivity contribution in [3.63, 3.8) is 0 Å². The number of likely N-dealkylation sites (N-methyl/N-ethyl adjacent to an activating group) is 1. The van der Waals surface area contributed by atoms with Gasteiger partial charge < -0.3 is 14.2 Å². The minimum atomic E-state index is 0.607. The van der Waals surface area contributed by atoms with Crippen LogP contribution in [0, 0.1) is 0 Å². The summed E-state index contributed by atoms with van der Waals surface area (Å²) in [5.41, 5.74) is 2.44. The molecule has 0 unspecified atom stereocenters. The van der Waals surface area contributed by atoms with Crippen LogP contribution in [0.3, 0.4) is 0 Å². The Bertz CT molecular complexity index is 850. The van der Waals surface area contributed by atoms with E-state index < -0.39 is 0 Å². The summed E-state index contributed by atoms with van der Waals surface area (Å²) in [6, 6.07) is 20.7. The smallest absolute Gasteiger partial charge is 0.240 e. The summed E-state index contributed by atoms with van der Waals surface area (Å²) in [6.45, 7) is 11.1. The molecule has 1 aromatic heterocycles. The highest BCUT2D eigenvalue weighted by molar-refractivity contribution is 5.18. The van der Waals surface area contributed by atoms with Gasteiger partial charge in [0, 0.05) is 26.1 Å². The second-order valence-corrected chi connectivity index (χ2v) is 7.60. The lowest BCUT2D eigenvalue weighted by Crippen LogP contribution is -2.30. The molecule has 2 aromatic carbocycles. The Morgan fingerprint density at radius 2 is 1.39 bits per heavy atom. The van der Waals surface area contributed by atoms with Gasteiger partial charge in [0.15, 0.2) is 5.82 Å². The SMILES string of the molecule is CCN(CC)CCOCCN(Cc1ccccc1)Cc1nc(Cc2ccccc2)no1. The lowest BCUT2D eigenvalue weighted by atomic mass is 10.1. The normalized spacial score (nSPS) is 11.5. The summed E-state index contributed by atoms with van der Waals surface area (Å²) in [5.74, 6) is 1.36. The van der Waals surface area contributed by atoms with Crippen molar-refractivity contribution in [1.29, 1.82) is 0 Å². The molecule has 0 fully saturated rings. The fourth-order valence-electron chi connectivity index (χ4n) is 3.48. The Balaban J connectivity index is 1.54. The maximum Gasteiger partial charge on any atom is 0.240 e. The second-order valence-electron chi connectivity index (χ2n) is 7.60. The Kier molecular flexibility index (Phi) is 9.70. The third kappa shape index (κ3) is 8.25. The van der Waals surface area contributed by atoms with Gasteiger partial charge >= 0.3 is 0 Å². The van der Waals surface area contributed by atoms with Crippen molar-refractivity contribution in [3.8, 4) is 0 Å². The standard InChI is InChI=1S/C25H34N4O2/c1-3-28(4-2)15-17-30-18-16-29(20-23-13-9-6-10-14-23)21-25-26-24(27-31-25)19-22-11-7-5-8-12-22/h5-14H,3-4,15-21H2,1-2H3. The van der Waals surface area contributed by atoms with Crippen molar-refractivity contribution in [1.82, 2.24) is 19.9 Å². The zero-order valence-electron chi connectivity index (χ0n) is 18.7. The highest BCUT2D eigenvalue weighted by atomic mass is 16.5. The maximum atomic E-state index is 5.91. The molecule has 0 amide bonds. The Morgan fingerprint density at radius 3 is 2.03 bits per heavy atom. The molecular weight excluding hydrogens is 388 g/mol. The van der Waals surface area contributed by atoms with Crippen LogP contribution in [0.2, 0.25) is 0 Å². The fourth-order valence-corrected chi connectivity index (χ4v) is 3.48. The van der Waals surface area contributed by atoms with E-state index in [2.05, 4.69) is 70.2 Å². The molecule has 0 N–H and O–H groups in total. The van der Waals surface area contributed by atoms with Crippen molar-refractivity contribution < 1.29 is 9.26 Å². The second kappa shape index (κ2) is 13.0. The van der Waals surface area contributed by atoms with Crippen LogP contribution in [0.25, 0.3) is 0 Å². The van der Waals surface area contributed by atoms with E-state index in [1.54, 1.807) is 0 Å². The summed E-state index contributed by atoms with van der Waals surface area (Å²) in [4.78, 5) is 9.28. The number of hydrogen-bond acceptors (Lipinski definition) is 6. The molecule has 0 saturated heterocycles. The van der Waals surface area contributed by atoms with Crippen molar-refractivity contribution in [2.24, 2.45) is 0 Å². The predicted octanol–water partition coefficient (Wildman–Crippen LogP) is 4.02. The molecule has 0 aliphatic rings. The molecule has 3 rings (SSSR count). The van der Waals surface area contributed by atoms with Gasteiger partial charge in [-0.3, -0.25) is 4.90 Å². The van der Waals surface area contributed by atoms with Gasteiger partial charge in [-0.15, -0.1) is 0 Å². The van der Waals surface area contributed by atoms with Crippen LogP contribution in [-0.4, -0.2) is 59.3 Å². The fraction of sp³-hybridized carbons (Fsp3) is 0.440. The topological polar surface area (TPSA) is 54.6 Å². The van der Waals surface area contributed by atoms with Gasteiger partial charge in [0.2, 0.25) is 5.89 Å². The largest absolute Gasteiger partial charge is 0.379 e. The van der Waals surface area contributed by atoms with E-state index in [0.29, 0.717) is 25.5 Å². The zero-order chi connectivity index (χ0) is 21.7. The molecule has 0 radical (unpaired) electrons. The Hall–Kier alpha value is -2.54. The number of hydrogen-bond donors (Lipinski definition) is 0. The minimum absolute atomic E-state index is 0.607. The number of rotatable bonds is 14. The molecule has 166 valence electrons. The molecular formula is C25H34N4O2. The third-order valence-corrected chi connectivity index (χ3v) is 5.32. The van der Waals surface area contributed by atoms with Gasteiger partial charge in [0.05, 0.1) is 19.8 Å². The van der Waals surface area contributed by atoms with E-state index in [-0.39, 0.29) is 0 Å². The average molecular weight is 423 g/mol. The van der Waals surface area contributed by atoms with E-state index in [9.17, 15) is 0 Å². The van der Waals surface area contributed by atoms with Gasteiger partial charge in [0.1, 0.15) is 0 Å². The number of aromatic nitrogens is 2. The Morgan fingerprint density at radius 1 is 0.774 bits per heavy atom. The first-order valence-electron chi connectivity index (χ1n) is 11.2. The Labute approximate surface area is 185 Å². The highest BCUT2D eigenvalue weighted by Crippen LogP contribution is 2.11. The van der Waals surface area contributed by atoms with Crippen LogP contribution < -0.4 is 0 Å². The number of nitrogens with zero attached hydrogens (tertiary/aromatic N) is 4. The zero-order valence-corrected chi connectivity index (χ0v) is 18.7. The summed E-state index contributed by atoms with van der Waals surface area (Å²) >= 11 is 0. The summed E-state index contributed by atoms with van der Waals surface area (Å²) < 4.78 is 11.5. The van der Waals surface area contributed by atoms with E-state index >= 15 is 0 Å². The first kappa shape index (κ1) is 23.1. The molecule has 6 heteroatoms. The van der Waals surface area contributed by atoms with Crippen molar-refractivity contribution >= 4 is 0 Å². The molecule has 6 nitrogen and oxygen atoms in total. The molecule has 31 heavy (non-hydrogen) atoms. The molecule has 0 saturated carbocycles. The molecule has 0 aliphatic heterocycles. The van der Waals surface area contributed by atoms with Crippen molar-refractivity contribution in [2.45, 2.75) is 33.4 Å². The van der Waals surface area contributed by atoms with E-state index in [4.69, 9.17) is 9.26 Å². The van der Waals surface area contributed by atoms with E-state index in [1.807, 2.05) is 24.3 Å². The molecule has 3 aromatic rings. The van der Waals surface area contributed by atoms with Crippen molar-refractivity contribution in [3.05, 3.63) is 83.5 Å². The van der Waals surface area contributed by atoms with Crippen LogP contribution in [0.4, 0.5) is 0 Å². The van der Waals surface area contributed by atoms with E-state index in [0.717, 1.165) is 45.2 Å². The maximum absolute atomic E-state index is 5.91. The van der Waals surface area contributed by atoms with Crippen LogP contribution in [0.15, 0.2) is 65.2 Å². The molecule has 0 aliphatic carbocycles. The summed E-state index contributed by atoms with van der Waals surface area (Å²) in [6.07, 6.45) is 0.678. The van der Waals surface area contributed by atoms with Gasteiger partial charge in [0.25, 0.3) is 0 Å². The molecule has 0 atom stereocenters. The van der Waals surface area contributed by atoms with Crippen molar-refractivity contribution in [2.75, 3.05) is 39.4 Å². The first-order chi connectivity index (χ1) is 15.3. The van der Waals surface area contributed by atoms with Crippen LogP contribution in [0.5, 0.6) is 0 Å². The lowest BCUT2D eigenvalue weighted by molar-refractivity contribution is 0.0782. The van der Waals surface area contributed by atoms with E-state index in [1.165, 1.54) is 11.1 Å². The molecule has 0 bridgehead atoms. The van der Waals surface area contributed by atoms with Gasteiger partial charge in [-0.2, -0.15) is 4.98 Å². The number of ether oxygens (including phenoxy) is 1. The first-order valence-corrected chi connectivity index (χ1v) is 11.2. The van der Waals surface area contributed by atoms with Gasteiger partial charge in [-0.05, 0) is 24.2 Å². The quantitative estimate of drug-likeness (QED) is 0.366. The summed E-state index contributed by atoms with van der Waals surface area (Å²) in [7, 11) is 0. The average Bonchev–Trinajstić information content (AvgIpc) is 3.24. The molecule has 0 spiro atoms. The van der Waals surface area contributed by atoms with Crippen LogP contribution >= 0.6 is 0 Å². The minimum Gasteiger partial charge on any atom is -0.379 e. The third-order valence-electron chi connectivity index (χ3n) is 5.32. The number of benzene rings is 2. The van der Waals surface area contributed by atoms with Gasteiger partial charge in [-0.1, -0.05) is 79.7 Å². The van der Waals surface area contributed by atoms with Gasteiger partial charge in [-0.25, -0.2) is 0 Å². The van der Waals surface area contributed by atoms with Crippen LogP contribution in [0.1, 0.15) is 36.7 Å². The molecule has 1 heterocycles. The summed E-state index contributed by atoms with van der Waals surface area (Å²) in [5, 5.41) is 4.17. The van der Waals surface area contributed by atoms with Crippen LogP contribution in [-0.2, 0) is 24.2 Å². The highest BCUT2D eigenvalue weighted by Gasteiger charge is 2.13. The lowest BCUT2D eigenvalue weighted by Gasteiger charge is -2.21. The monoisotopic (exact) mass is 422 g/mol. The predicted molar refractivity (Wildman–Crippen MR) is 123 cm³/mol.